The van der Waals surface area contributed by atoms with Crippen LogP contribution in [0.1, 0.15) is 24.2 Å². The van der Waals surface area contributed by atoms with E-state index in [1.165, 1.54) is 0 Å². The minimum absolute atomic E-state index is 0.169. The Balaban J connectivity index is 1.95. The Hall–Kier alpha value is -1.45. The van der Waals surface area contributed by atoms with Crippen LogP contribution in [0.15, 0.2) is 42.9 Å². The van der Waals surface area contributed by atoms with Gasteiger partial charge in [-0.3, -0.25) is 9.97 Å². The zero-order valence-electron chi connectivity index (χ0n) is 9.60. The molecule has 0 bridgehead atoms. The summed E-state index contributed by atoms with van der Waals surface area (Å²) in [6, 6.07) is 7.99. The van der Waals surface area contributed by atoms with E-state index in [0.717, 1.165) is 22.8 Å². The van der Waals surface area contributed by atoms with Gasteiger partial charge in [0.1, 0.15) is 0 Å². The molecule has 0 saturated heterocycles. The molecule has 17 heavy (non-hydrogen) atoms. The van der Waals surface area contributed by atoms with Gasteiger partial charge in [-0.25, -0.2) is 0 Å². The van der Waals surface area contributed by atoms with Crippen molar-refractivity contribution in [3.63, 3.8) is 0 Å². The number of nitrogens with zero attached hydrogens (tertiary/aromatic N) is 2. The van der Waals surface area contributed by atoms with E-state index in [4.69, 9.17) is 11.6 Å². The fraction of sp³-hybridized carbons (Fsp3) is 0.231. The molecule has 0 radical (unpaired) electrons. The maximum atomic E-state index is 5.93. The second kappa shape index (κ2) is 5.75. The van der Waals surface area contributed by atoms with Crippen LogP contribution in [0, 0.1) is 0 Å². The molecule has 3 nitrogen and oxygen atoms in total. The largest absolute Gasteiger partial charge is 0.305 e. The summed E-state index contributed by atoms with van der Waals surface area (Å²) >= 11 is 5.93. The number of halogens is 1. The molecule has 0 saturated carbocycles. The zero-order chi connectivity index (χ0) is 12.1. The smallest absolute Gasteiger partial charge is 0.0753 e. The molecule has 1 heterocycles. The van der Waals surface area contributed by atoms with Gasteiger partial charge in [-0.05, 0) is 24.6 Å². The van der Waals surface area contributed by atoms with Gasteiger partial charge in [0.25, 0.3) is 0 Å². The molecule has 0 aliphatic heterocycles. The highest BCUT2D eigenvalue weighted by Gasteiger charge is 2.05. The number of hydrogen-bond acceptors (Lipinski definition) is 3. The fourth-order valence-electron chi connectivity index (χ4n) is 1.56. The second-order valence-electron chi connectivity index (χ2n) is 3.86. The first-order valence-electron chi connectivity index (χ1n) is 5.49. The highest BCUT2D eigenvalue weighted by Crippen LogP contribution is 2.12. The van der Waals surface area contributed by atoms with Gasteiger partial charge in [-0.2, -0.15) is 0 Å². The van der Waals surface area contributed by atoms with Crippen molar-refractivity contribution in [2.45, 2.75) is 19.5 Å². The van der Waals surface area contributed by atoms with E-state index in [1.54, 1.807) is 18.6 Å². The lowest BCUT2D eigenvalue weighted by Gasteiger charge is -2.12. The molecular formula is C13H14ClN3. The fourth-order valence-corrected chi connectivity index (χ4v) is 1.77. The van der Waals surface area contributed by atoms with Crippen LogP contribution < -0.4 is 5.32 Å². The van der Waals surface area contributed by atoms with Crippen molar-refractivity contribution in [2.24, 2.45) is 0 Å². The summed E-state index contributed by atoms with van der Waals surface area (Å²) in [5, 5.41) is 4.14. The highest BCUT2D eigenvalue weighted by atomic mass is 35.5. The topological polar surface area (TPSA) is 37.8 Å². The highest BCUT2D eigenvalue weighted by molar-refractivity contribution is 6.30. The molecule has 1 N–H and O–H groups in total. The molecule has 1 aromatic carbocycles. The van der Waals surface area contributed by atoms with E-state index >= 15 is 0 Å². The summed E-state index contributed by atoms with van der Waals surface area (Å²) in [6.07, 6.45) is 5.15. The molecule has 0 fully saturated rings. The lowest BCUT2D eigenvalue weighted by atomic mass is 10.2. The first kappa shape index (κ1) is 12.0. The maximum Gasteiger partial charge on any atom is 0.0753 e. The summed E-state index contributed by atoms with van der Waals surface area (Å²) in [6.45, 7) is 2.83. The molecule has 0 spiro atoms. The van der Waals surface area contributed by atoms with Crippen molar-refractivity contribution < 1.29 is 0 Å². The number of aromatic nitrogens is 2. The SMILES string of the molecule is CC(NCc1cccc(Cl)c1)c1cnccn1. The van der Waals surface area contributed by atoms with E-state index in [2.05, 4.69) is 22.2 Å². The van der Waals surface area contributed by atoms with Gasteiger partial charge in [0.15, 0.2) is 0 Å². The summed E-state index contributed by atoms with van der Waals surface area (Å²) in [5.74, 6) is 0. The minimum Gasteiger partial charge on any atom is -0.305 e. The molecule has 0 aliphatic rings. The Morgan fingerprint density at radius 2 is 2.24 bits per heavy atom. The average molecular weight is 248 g/mol. The van der Waals surface area contributed by atoms with E-state index in [-0.39, 0.29) is 6.04 Å². The van der Waals surface area contributed by atoms with Gasteiger partial charge in [0.2, 0.25) is 0 Å². The predicted molar refractivity (Wildman–Crippen MR) is 68.7 cm³/mol. The minimum atomic E-state index is 0.169. The van der Waals surface area contributed by atoms with E-state index in [0.29, 0.717) is 0 Å². The first-order chi connectivity index (χ1) is 8.25. The van der Waals surface area contributed by atoms with Crippen LogP contribution in [0.2, 0.25) is 5.02 Å². The Bertz CT molecular complexity index is 473. The maximum absolute atomic E-state index is 5.93. The Kier molecular flexibility index (Phi) is 4.07. The monoisotopic (exact) mass is 247 g/mol. The second-order valence-corrected chi connectivity index (χ2v) is 4.30. The summed E-state index contributed by atoms with van der Waals surface area (Å²) in [4.78, 5) is 8.31. The molecule has 2 rings (SSSR count). The third-order valence-electron chi connectivity index (χ3n) is 2.53. The molecule has 0 amide bonds. The van der Waals surface area contributed by atoms with Crippen molar-refractivity contribution in [3.8, 4) is 0 Å². The van der Waals surface area contributed by atoms with Crippen molar-refractivity contribution in [1.82, 2.24) is 15.3 Å². The molecule has 0 aliphatic carbocycles. The van der Waals surface area contributed by atoms with Crippen molar-refractivity contribution in [3.05, 3.63) is 59.1 Å². The number of rotatable bonds is 4. The molecule has 1 aromatic heterocycles. The van der Waals surface area contributed by atoms with Crippen LogP contribution in [-0.4, -0.2) is 9.97 Å². The lowest BCUT2D eigenvalue weighted by molar-refractivity contribution is 0.559. The van der Waals surface area contributed by atoms with Gasteiger partial charge in [0.05, 0.1) is 5.69 Å². The van der Waals surface area contributed by atoms with Gasteiger partial charge in [-0.1, -0.05) is 23.7 Å². The summed E-state index contributed by atoms with van der Waals surface area (Å²) in [5.41, 5.74) is 2.10. The van der Waals surface area contributed by atoms with Gasteiger partial charge >= 0.3 is 0 Å². The average Bonchev–Trinajstić information content (AvgIpc) is 2.37. The normalized spacial score (nSPS) is 12.4. The number of hydrogen-bond donors (Lipinski definition) is 1. The molecule has 88 valence electrons. The Morgan fingerprint density at radius 3 is 2.94 bits per heavy atom. The van der Waals surface area contributed by atoms with E-state index in [1.807, 2.05) is 24.3 Å². The Labute approximate surface area is 106 Å². The quantitative estimate of drug-likeness (QED) is 0.903. The van der Waals surface area contributed by atoms with E-state index < -0.39 is 0 Å². The Morgan fingerprint density at radius 1 is 1.35 bits per heavy atom. The van der Waals surface area contributed by atoms with Crippen LogP contribution >= 0.6 is 11.6 Å². The first-order valence-corrected chi connectivity index (χ1v) is 5.87. The van der Waals surface area contributed by atoms with Crippen molar-refractivity contribution in [2.75, 3.05) is 0 Å². The molecule has 4 heteroatoms. The van der Waals surface area contributed by atoms with Crippen LogP contribution in [0.5, 0.6) is 0 Å². The van der Waals surface area contributed by atoms with Crippen molar-refractivity contribution >= 4 is 11.6 Å². The molecule has 1 atom stereocenters. The molecular weight excluding hydrogens is 234 g/mol. The van der Waals surface area contributed by atoms with Gasteiger partial charge in [-0.15, -0.1) is 0 Å². The summed E-state index contributed by atoms with van der Waals surface area (Å²) < 4.78 is 0. The van der Waals surface area contributed by atoms with E-state index in [9.17, 15) is 0 Å². The standard InChI is InChI=1S/C13H14ClN3/c1-10(13-9-15-5-6-16-13)17-8-11-3-2-4-12(14)7-11/h2-7,9-10,17H,8H2,1H3. The third-order valence-corrected chi connectivity index (χ3v) is 2.76. The molecule has 1 unspecified atom stereocenters. The summed E-state index contributed by atoms with van der Waals surface area (Å²) in [7, 11) is 0. The number of nitrogens with one attached hydrogen (secondary N) is 1. The van der Waals surface area contributed by atoms with Gasteiger partial charge < -0.3 is 5.32 Å². The van der Waals surface area contributed by atoms with Crippen molar-refractivity contribution in [1.29, 1.82) is 0 Å². The molecule has 2 aromatic rings. The van der Waals surface area contributed by atoms with Crippen LogP contribution in [0.4, 0.5) is 0 Å². The lowest BCUT2D eigenvalue weighted by Crippen LogP contribution is -2.19. The predicted octanol–water partition coefficient (Wildman–Crippen LogP) is 2.98. The van der Waals surface area contributed by atoms with Gasteiger partial charge in [0, 0.05) is 36.2 Å². The van der Waals surface area contributed by atoms with Crippen LogP contribution in [-0.2, 0) is 6.54 Å². The zero-order valence-corrected chi connectivity index (χ0v) is 10.4. The number of benzene rings is 1. The van der Waals surface area contributed by atoms with Crippen LogP contribution in [0.3, 0.4) is 0 Å². The van der Waals surface area contributed by atoms with Crippen LogP contribution in [0.25, 0.3) is 0 Å². The third kappa shape index (κ3) is 3.51.